The van der Waals surface area contributed by atoms with Crippen molar-refractivity contribution in [2.45, 2.75) is 23.8 Å². The van der Waals surface area contributed by atoms with Crippen LogP contribution in [-0.2, 0) is 23.1 Å². The van der Waals surface area contributed by atoms with E-state index in [2.05, 4.69) is 25.8 Å². The highest BCUT2D eigenvalue weighted by atomic mass is 35.5. The summed E-state index contributed by atoms with van der Waals surface area (Å²) >= 11 is 14.4. The van der Waals surface area contributed by atoms with Gasteiger partial charge in [0.15, 0.2) is 10.3 Å². The highest BCUT2D eigenvalue weighted by Crippen LogP contribution is 2.26. The van der Waals surface area contributed by atoms with Gasteiger partial charge in [0.2, 0.25) is 11.8 Å². The van der Waals surface area contributed by atoms with Crippen molar-refractivity contribution in [2.24, 2.45) is 7.05 Å². The summed E-state index contributed by atoms with van der Waals surface area (Å²) in [5, 5.41) is 16.8. The Morgan fingerprint density at radius 3 is 2.72 bits per heavy atom. The molecule has 12 heteroatoms. The minimum Gasteiger partial charge on any atom is -0.326 e. The number of nitrogens with one attached hydrogen (secondary N) is 2. The molecule has 3 rings (SSSR count). The van der Waals surface area contributed by atoms with Gasteiger partial charge in [0, 0.05) is 24.3 Å². The molecule has 0 bridgehead atoms. The van der Waals surface area contributed by atoms with E-state index in [1.54, 1.807) is 48.3 Å². The lowest BCUT2D eigenvalue weighted by atomic mass is 10.3. The molecule has 152 valence electrons. The summed E-state index contributed by atoms with van der Waals surface area (Å²) in [6.45, 7) is 1.76. The van der Waals surface area contributed by atoms with E-state index >= 15 is 0 Å². The first-order valence-electron chi connectivity index (χ1n) is 8.33. The minimum atomic E-state index is -0.417. The quantitative estimate of drug-likeness (QED) is 0.507. The smallest absolute Gasteiger partial charge is 0.239 e. The van der Waals surface area contributed by atoms with E-state index in [4.69, 9.17) is 23.2 Å². The molecule has 0 aliphatic heterocycles. The first-order chi connectivity index (χ1) is 13.8. The van der Waals surface area contributed by atoms with Gasteiger partial charge in [-0.3, -0.25) is 9.59 Å². The standard InChI is InChI=1S/C17H16Cl2N6O2S2/c1-9(15(27)22-16-20-5-6-28-16)29-17-24-23-13(25(17)2)8-14(26)21-10-3-4-11(18)12(19)7-10/h3-7,9H,8H2,1-2H3,(H,21,26)(H,20,22,27)/t9-/m1/s1. The summed E-state index contributed by atoms with van der Waals surface area (Å²) in [6, 6.07) is 4.84. The Kier molecular flexibility index (Phi) is 7.12. The topological polar surface area (TPSA) is 102 Å². The van der Waals surface area contributed by atoms with E-state index in [1.807, 2.05) is 0 Å². The monoisotopic (exact) mass is 470 g/mol. The Hall–Kier alpha value is -2.14. The van der Waals surface area contributed by atoms with E-state index in [-0.39, 0.29) is 18.2 Å². The van der Waals surface area contributed by atoms with Crippen LogP contribution in [0.2, 0.25) is 10.0 Å². The third-order valence-electron chi connectivity index (χ3n) is 3.76. The fourth-order valence-electron chi connectivity index (χ4n) is 2.23. The van der Waals surface area contributed by atoms with Crippen LogP contribution in [0, 0.1) is 0 Å². The molecular weight excluding hydrogens is 455 g/mol. The number of hydrogen-bond acceptors (Lipinski definition) is 7. The average molecular weight is 471 g/mol. The SMILES string of the molecule is C[C@@H](Sc1nnc(CC(=O)Nc2ccc(Cl)c(Cl)c2)n1C)C(=O)Nc1nccs1. The van der Waals surface area contributed by atoms with Gasteiger partial charge in [-0.2, -0.15) is 0 Å². The van der Waals surface area contributed by atoms with Gasteiger partial charge in [-0.1, -0.05) is 35.0 Å². The Morgan fingerprint density at radius 2 is 2.03 bits per heavy atom. The fraction of sp³-hybridized carbons (Fsp3) is 0.235. The van der Waals surface area contributed by atoms with Gasteiger partial charge in [0.1, 0.15) is 5.82 Å². The number of halogens is 2. The van der Waals surface area contributed by atoms with Gasteiger partial charge in [0.05, 0.1) is 21.7 Å². The van der Waals surface area contributed by atoms with Gasteiger partial charge >= 0.3 is 0 Å². The third-order valence-corrected chi connectivity index (χ3v) is 6.32. The number of thiazole rings is 1. The first kappa shape index (κ1) is 21.6. The Morgan fingerprint density at radius 1 is 1.24 bits per heavy atom. The van der Waals surface area contributed by atoms with Gasteiger partial charge < -0.3 is 15.2 Å². The Labute approximate surface area is 185 Å². The zero-order chi connectivity index (χ0) is 21.0. The zero-order valence-corrected chi connectivity index (χ0v) is 18.5. The second-order valence-electron chi connectivity index (χ2n) is 5.90. The second-order valence-corrected chi connectivity index (χ2v) is 8.92. The van der Waals surface area contributed by atoms with Crippen LogP contribution < -0.4 is 10.6 Å². The molecule has 0 spiro atoms. The third kappa shape index (κ3) is 5.69. The van der Waals surface area contributed by atoms with Crippen molar-refractivity contribution in [1.29, 1.82) is 0 Å². The lowest BCUT2D eigenvalue weighted by molar-refractivity contribution is -0.116. The molecule has 0 aliphatic rings. The number of benzene rings is 1. The van der Waals surface area contributed by atoms with Crippen molar-refractivity contribution in [3.8, 4) is 0 Å². The van der Waals surface area contributed by atoms with Crippen molar-refractivity contribution in [1.82, 2.24) is 19.7 Å². The van der Waals surface area contributed by atoms with Gasteiger partial charge in [-0.15, -0.1) is 21.5 Å². The maximum atomic E-state index is 12.3. The number of rotatable bonds is 7. The highest BCUT2D eigenvalue weighted by molar-refractivity contribution is 8.00. The van der Waals surface area contributed by atoms with E-state index < -0.39 is 5.25 Å². The predicted octanol–water partition coefficient (Wildman–Crippen LogP) is 3.88. The summed E-state index contributed by atoms with van der Waals surface area (Å²) in [4.78, 5) is 28.6. The van der Waals surface area contributed by atoms with Crippen molar-refractivity contribution in [3.05, 3.63) is 45.6 Å². The summed E-state index contributed by atoms with van der Waals surface area (Å²) in [5.74, 6) is 0.00875. The largest absolute Gasteiger partial charge is 0.326 e. The molecular formula is C17H16Cl2N6O2S2. The van der Waals surface area contributed by atoms with E-state index in [0.717, 1.165) is 0 Å². The second kappa shape index (κ2) is 9.57. The molecule has 0 fully saturated rings. The molecule has 2 N–H and O–H groups in total. The number of thioether (sulfide) groups is 1. The molecule has 1 atom stereocenters. The number of aromatic nitrogens is 4. The lowest BCUT2D eigenvalue weighted by Crippen LogP contribution is -2.22. The van der Waals surface area contributed by atoms with Crippen molar-refractivity contribution >= 4 is 68.9 Å². The van der Waals surface area contributed by atoms with Crippen LogP contribution in [0.15, 0.2) is 34.9 Å². The minimum absolute atomic E-state index is 0.0179. The predicted molar refractivity (Wildman–Crippen MR) is 116 cm³/mol. The van der Waals surface area contributed by atoms with Crippen molar-refractivity contribution in [2.75, 3.05) is 10.6 Å². The Balaban J connectivity index is 1.58. The molecule has 0 unspecified atom stereocenters. The van der Waals surface area contributed by atoms with Crippen molar-refractivity contribution in [3.63, 3.8) is 0 Å². The molecule has 8 nitrogen and oxygen atoms in total. The lowest BCUT2D eigenvalue weighted by Gasteiger charge is -2.10. The summed E-state index contributed by atoms with van der Waals surface area (Å²) in [6.07, 6.45) is 1.64. The van der Waals surface area contributed by atoms with Crippen LogP contribution >= 0.6 is 46.3 Å². The number of carbonyl (C=O) groups excluding carboxylic acids is 2. The van der Waals surface area contributed by atoms with Crippen LogP contribution in [0.5, 0.6) is 0 Å². The van der Waals surface area contributed by atoms with Gasteiger partial charge in [-0.05, 0) is 25.1 Å². The zero-order valence-electron chi connectivity index (χ0n) is 15.3. The maximum Gasteiger partial charge on any atom is 0.239 e. The summed E-state index contributed by atoms with van der Waals surface area (Å²) < 4.78 is 1.69. The van der Waals surface area contributed by atoms with E-state index in [9.17, 15) is 9.59 Å². The fourth-order valence-corrected chi connectivity index (χ4v) is 3.89. The number of nitrogens with zero attached hydrogens (tertiary/aromatic N) is 4. The molecule has 0 radical (unpaired) electrons. The van der Waals surface area contributed by atoms with Crippen LogP contribution in [0.3, 0.4) is 0 Å². The molecule has 3 aromatic rings. The Bertz CT molecular complexity index is 1030. The molecule has 2 aromatic heterocycles. The van der Waals surface area contributed by atoms with Crippen LogP contribution in [0.1, 0.15) is 12.7 Å². The number of carbonyl (C=O) groups is 2. The molecule has 0 aliphatic carbocycles. The first-order valence-corrected chi connectivity index (χ1v) is 10.8. The maximum absolute atomic E-state index is 12.3. The molecule has 0 saturated carbocycles. The number of anilines is 2. The van der Waals surface area contributed by atoms with Crippen LogP contribution in [0.25, 0.3) is 0 Å². The molecule has 29 heavy (non-hydrogen) atoms. The van der Waals surface area contributed by atoms with Crippen molar-refractivity contribution < 1.29 is 9.59 Å². The molecule has 1 aromatic carbocycles. The van der Waals surface area contributed by atoms with E-state index in [0.29, 0.717) is 31.8 Å². The number of hydrogen-bond donors (Lipinski definition) is 2. The van der Waals surface area contributed by atoms with Gasteiger partial charge in [0.25, 0.3) is 0 Å². The van der Waals surface area contributed by atoms with Crippen LogP contribution in [0.4, 0.5) is 10.8 Å². The normalized spacial score (nSPS) is 11.9. The molecule has 2 amide bonds. The van der Waals surface area contributed by atoms with Gasteiger partial charge in [-0.25, -0.2) is 4.98 Å². The highest BCUT2D eigenvalue weighted by Gasteiger charge is 2.20. The number of amides is 2. The average Bonchev–Trinajstić information content (AvgIpc) is 3.30. The summed E-state index contributed by atoms with van der Waals surface area (Å²) in [5.41, 5.74) is 0.536. The molecule has 2 heterocycles. The van der Waals surface area contributed by atoms with Crippen LogP contribution in [-0.4, -0.2) is 36.8 Å². The van der Waals surface area contributed by atoms with E-state index in [1.165, 1.54) is 23.1 Å². The summed E-state index contributed by atoms with van der Waals surface area (Å²) in [7, 11) is 1.75. The molecule has 0 saturated heterocycles.